The van der Waals surface area contributed by atoms with Gasteiger partial charge < -0.3 is 20.1 Å². The van der Waals surface area contributed by atoms with Crippen molar-refractivity contribution in [3.8, 4) is 0 Å². The lowest BCUT2D eigenvalue weighted by atomic mass is 10.0. The summed E-state index contributed by atoms with van der Waals surface area (Å²) in [6, 6.07) is 1.36. The third kappa shape index (κ3) is 4.40. The fourth-order valence-electron chi connectivity index (χ4n) is 2.89. The second-order valence-electron chi connectivity index (χ2n) is 5.97. The maximum atomic E-state index is 13.4. The van der Waals surface area contributed by atoms with Gasteiger partial charge in [-0.25, -0.2) is 9.78 Å². The van der Waals surface area contributed by atoms with Crippen molar-refractivity contribution in [2.75, 3.05) is 25.1 Å². The topological polar surface area (TPSA) is 86.7 Å². The number of alkyl halides is 3. The Labute approximate surface area is 152 Å². The van der Waals surface area contributed by atoms with Crippen LogP contribution in [0.1, 0.15) is 5.56 Å². The SMILES string of the molecule is C=C1C=C(c2ccnc(NC(=O)O)c2)C=C(N2CCOCC2C(F)(F)F)N1. The predicted octanol–water partition coefficient (Wildman–Crippen LogP) is 2.78. The summed E-state index contributed by atoms with van der Waals surface area (Å²) < 4.78 is 45.1. The van der Waals surface area contributed by atoms with Gasteiger partial charge in [-0.3, -0.25) is 5.32 Å². The molecule has 3 rings (SSSR count). The number of halogens is 3. The molecule has 0 saturated carbocycles. The molecule has 2 aliphatic rings. The van der Waals surface area contributed by atoms with E-state index in [4.69, 9.17) is 9.84 Å². The average Bonchev–Trinajstić information content (AvgIpc) is 2.60. The highest BCUT2D eigenvalue weighted by molar-refractivity contribution is 5.84. The third-order valence-corrected chi connectivity index (χ3v) is 4.05. The lowest BCUT2D eigenvalue weighted by Crippen LogP contribution is -2.54. The molecule has 1 saturated heterocycles. The first-order valence-corrected chi connectivity index (χ1v) is 8.01. The summed E-state index contributed by atoms with van der Waals surface area (Å²) in [5.41, 5.74) is 1.59. The molecule has 1 fully saturated rings. The van der Waals surface area contributed by atoms with Crippen LogP contribution in [0, 0.1) is 0 Å². The summed E-state index contributed by atoms with van der Waals surface area (Å²) in [4.78, 5) is 15.9. The summed E-state index contributed by atoms with van der Waals surface area (Å²) in [6.45, 7) is 3.61. The van der Waals surface area contributed by atoms with E-state index < -0.39 is 24.9 Å². The molecule has 144 valence electrons. The standard InChI is InChI=1S/C17H17F3N4O3/c1-10-6-12(11-2-3-21-14(7-11)23-16(25)26)8-15(22-10)24-4-5-27-9-13(24)17(18,19)20/h2-3,6-8,13,22H,1,4-5,9H2,(H,21,23)(H,25,26). The molecule has 1 amide bonds. The largest absolute Gasteiger partial charge is 0.465 e. The maximum absolute atomic E-state index is 13.4. The lowest BCUT2D eigenvalue weighted by Gasteiger charge is -2.40. The van der Waals surface area contributed by atoms with Crippen LogP contribution in [-0.4, -0.2) is 53.1 Å². The molecular formula is C17H17F3N4O3. The van der Waals surface area contributed by atoms with Gasteiger partial charge >= 0.3 is 12.3 Å². The molecule has 0 spiro atoms. The van der Waals surface area contributed by atoms with E-state index in [-0.39, 0.29) is 24.8 Å². The van der Waals surface area contributed by atoms with E-state index in [2.05, 4.69) is 22.2 Å². The smallest absolute Gasteiger partial charge is 0.411 e. The minimum Gasteiger partial charge on any atom is -0.465 e. The Bertz CT molecular complexity index is 820. The quantitative estimate of drug-likeness (QED) is 0.745. The molecule has 0 bridgehead atoms. The number of allylic oxidation sites excluding steroid dienone is 3. The molecule has 1 atom stereocenters. The van der Waals surface area contributed by atoms with Crippen molar-refractivity contribution < 1.29 is 27.8 Å². The number of rotatable bonds is 3. The molecule has 27 heavy (non-hydrogen) atoms. The second kappa shape index (κ2) is 7.31. The molecule has 0 aliphatic carbocycles. The Morgan fingerprint density at radius 1 is 1.44 bits per heavy atom. The van der Waals surface area contributed by atoms with Crippen molar-refractivity contribution in [2.45, 2.75) is 12.2 Å². The van der Waals surface area contributed by atoms with Crippen LogP contribution in [0.15, 0.2) is 48.6 Å². The first-order chi connectivity index (χ1) is 12.7. The van der Waals surface area contributed by atoms with E-state index in [9.17, 15) is 18.0 Å². The van der Waals surface area contributed by atoms with Crippen LogP contribution in [0.25, 0.3) is 5.57 Å². The van der Waals surface area contributed by atoms with Gasteiger partial charge in [-0.2, -0.15) is 13.2 Å². The number of amides is 1. The van der Waals surface area contributed by atoms with Crippen molar-refractivity contribution in [3.63, 3.8) is 0 Å². The van der Waals surface area contributed by atoms with Gasteiger partial charge in [0.15, 0.2) is 0 Å². The van der Waals surface area contributed by atoms with Crippen LogP contribution in [0.2, 0.25) is 0 Å². The highest BCUT2D eigenvalue weighted by Gasteiger charge is 2.46. The Morgan fingerprint density at radius 3 is 2.93 bits per heavy atom. The molecule has 2 aliphatic heterocycles. The Kier molecular flexibility index (Phi) is 5.08. The summed E-state index contributed by atoms with van der Waals surface area (Å²) in [6.07, 6.45) is -1.07. The van der Waals surface area contributed by atoms with Gasteiger partial charge in [-0.05, 0) is 35.4 Å². The van der Waals surface area contributed by atoms with Crippen molar-refractivity contribution in [3.05, 3.63) is 54.1 Å². The molecule has 1 aromatic heterocycles. The number of anilines is 1. The highest BCUT2D eigenvalue weighted by Crippen LogP contribution is 2.32. The van der Waals surface area contributed by atoms with E-state index in [0.29, 0.717) is 16.8 Å². The average molecular weight is 382 g/mol. The highest BCUT2D eigenvalue weighted by atomic mass is 19.4. The first-order valence-electron chi connectivity index (χ1n) is 8.01. The molecule has 3 heterocycles. The number of carboxylic acid groups (broad SMARTS) is 1. The van der Waals surface area contributed by atoms with E-state index in [1.165, 1.54) is 17.2 Å². The number of aromatic nitrogens is 1. The Hall–Kier alpha value is -3.01. The summed E-state index contributed by atoms with van der Waals surface area (Å²) in [5.74, 6) is 0.368. The predicted molar refractivity (Wildman–Crippen MR) is 91.6 cm³/mol. The molecule has 0 radical (unpaired) electrons. The van der Waals surface area contributed by atoms with E-state index in [0.717, 1.165) is 0 Å². The van der Waals surface area contributed by atoms with Crippen LogP contribution < -0.4 is 10.6 Å². The van der Waals surface area contributed by atoms with Gasteiger partial charge in [0, 0.05) is 18.4 Å². The maximum Gasteiger partial charge on any atom is 0.411 e. The van der Waals surface area contributed by atoms with Crippen LogP contribution >= 0.6 is 0 Å². The summed E-state index contributed by atoms with van der Waals surface area (Å²) in [7, 11) is 0. The Morgan fingerprint density at radius 2 is 2.22 bits per heavy atom. The normalized spacial score (nSPS) is 20.5. The molecule has 7 nitrogen and oxygen atoms in total. The zero-order valence-electron chi connectivity index (χ0n) is 14.1. The second-order valence-corrected chi connectivity index (χ2v) is 5.97. The molecule has 1 aromatic rings. The number of morpholine rings is 1. The van der Waals surface area contributed by atoms with Crippen LogP contribution in [-0.2, 0) is 4.74 Å². The van der Waals surface area contributed by atoms with Crippen molar-refractivity contribution in [2.24, 2.45) is 0 Å². The number of pyridine rings is 1. The first kappa shape index (κ1) is 18.8. The van der Waals surface area contributed by atoms with Gasteiger partial charge in [0.25, 0.3) is 0 Å². The summed E-state index contributed by atoms with van der Waals surface area (Å²) in [5, 5.41) is 13.8. The monoisotopic (exact) mass is 382 g/mol. The van der Waals surface area contributed by atoms with Crippen LogP contribution in [0.3, 0.4) is 0 Å². The zero-order valence-corrected chi connectivity index (χ0v) is 14.1. The van der Waals surface area contributed by atoms with E-state index in [1.807, 2.05) is 0 Å². The minimum absolute atomic E-state index is 0.0751. The zero-order chi connectivity index (χ0) is 19.6. The fourth-order valence-corrected chi connectivity index (χ4v) is 2.89. The number of ether oxygens (including phenoxy) is 1. The van der Waals surface area contributed by atoms with Gasteiger partial charge in [0.1, 0.15) is 17.7 Å². The van der Waals surface area contributed by atoms with Crippen molar-refractivity contribution in [1.82, 2.24) is 15.2 Å². The van der Waals surface area contributed by atoms with E-state index >= 15 is 0 Å². The number of nitrogens with one attached hydrogen (secondary N) is 2. The van der Waals surface area contributed by atoms with Gasteiger partial charge in [0.05, 0.1) is 13.2 Å². The van der Waals surface area contributed by atoms with Gasteiger partial charge in [-0.1, -0.05) is 6.58 Å². The number of hydrogen-bond acceptors (Lipinski definition) is 5. The molecule has 3 N–H and O–H groups in total. The van der Waals surface area contributed by atoms with Crippen molar-refractivity contribution in [1.29, 1.82) is 0 Å². The number of dihydropyridines is 1. The molecule has 0 aromatic carbocycles. The lowest BCUT2D eigenvalue weighted by molar-refractivity contribution is -0.206. The van der Waals surface area contributed by atoms with Crippen LogP contribution in [0.5, 0.6) is 0 Å². The summed E-state index contributed by atoms with van der Waals surface area (Å²) >= 11 is 0. The van der Waals surface area contributed by atoms with E-state index in [1.54, 1.807) is 18.2 Å². The molecule has 10 heteroatoms. The third-order valence-electron chi connectivity index (χ3n) is 4.05. The molecule has 1 unspecified atom stereocenters. The number of hydrogen-bond donors (Lipinski definition) is 3. The van der Waals surface area contributed by atoms with Crippen molar-refractivity contribution >= 4 is 17.5 Å². The number of carbonyl (C=O) groups is 1. The van der Waals surface area contributed by atoms with Gasteiger partial charge in [0.2, 0.25) is 0 Å². The minimum atomic E-state index is -4.44. The van der Waals surface area contributed by atoms with Crippen LogP contribution in [0.4, 0.5) is 23.8 Å². The Balaban J connectivity index is 1.92. The fraction of sp³-hybridized carbons (Fsp3) is 0.294. The van der Waals surface area contributed by atoms with Gasteiger partial charge in [-0.15, -0.1) is 0 Å². The number of nitrogens with zero attached hydrogens (tertiary/aromatic N) is 2. The molecular weight excluding hydrogens is 365 g/mol.